The van der Waals surface area contributed by atoms with Gasteiger partial charge in [-0.25, -0.2) is 0 Å². The Labute approximate surface area is 160 Å². The van der Waals surface area contributed by atoms with Crippen molar-refractivity contribution in [3.05, 3.63) is 53.6 Å². The lowest BCUT2D eigenvalue weighted by molar-refractivity contribution is 0.0674. The van der Waals surface area contributed by atoms with Crippen LogP contribution < -0.4 is 14.2 Å². The summed E-state index contributed by atoms with van der Waals surface area (Å²) in [7, 11) is 3.23. The van der Waals surface area contributed by atoms with Crippen molar-refractivity contribution in [3.8, 4) is 23.3 Å². The van der Waals surface area contributed by atoms with E-state index in [4.69, 9.17) is 19.5 Å². The van der Waals surface area contributed by atoms with Gasteiger partial charge >= 0.3 is 0 Å². The molecule has 2 aromatic rings. The van der Waals surface area contributed by atoms with E-state index in [-0.39, 0.29) is 6.61 Å². The third-order valence-electron chi connectivity index (χ3n) is 4.20. The van der Waals surface area contributed by atoms with Crippen LogP contribution in [0.4, 0.5) is 0 Å². The van der Waals surface area contributed by atoms with Gasteiger partial charge in [-0.1, -0.05) is 13.0 Å². The van der Waals surface area contributed by atoms with E-state index in [1.165, 1.54) is 0 Å². The topological polar surface area (TPSA) is 75.0 Å². The van der Waals surface area contributed by atoms with Crippen LogP contribution in [0.5, 0.6) is 17.2 Å². The van der Waals surface area contributed by atoms with Crippen LogP contribution in [0.2, 0.25) is 0 Å². The van der Waals surface area contributed by atoms with Crippen molar-refractivity contribution in [3.63, 3.8) is 0 Å². The van der Waals surface area contributed by atoms with Gasteiger partial charge in [-0.2, -0.15) is 5.26 Å². The van der Waals surface area contributed by atoms with Gasteiger partial charge in [-0.3, -0.25) is 4.90 Å². The maximum absolute atomic E-state index is 10.3. The minimum absolute atomic E-state index is 0.189. The van der Waals surface area contributed by atoms with Crippen LogP contribution in [0, 0.1) is 11.3 Å². The van der Waals surface area contributed by atoms with Gasteiger partial charge in [0.2, 0.25) is 0 Å². The second kappa shape index (κ2) is 10.4. The number of ether oxygens (including phenoxy) is 3. The first kappa shape index (κ1) is 20.6. The molecule has 0 saturated carbocycles. The molecule has 1 N–H and O–H groups in total. The summed E-state index contributed by atoms with van der Waals surface area (Å²) in [4.78, 5) is 2.13. The largest absolute Gasteiger partial charge is 0.493 e. The quantitative estimate of drug-likeness (QED) is 0.693. The van der Waals surface area contributed by atoms with E-state index < -0.39 is 6.10 Å². The molecule has 0 bridgehead atoms. The summed E-state index contributed by atoms with van der Waals surface area (Å²) >= 11 is 0. The second-order valence-electron chi connectivity index (χ2n) is 6.12. The summed E-state index contributed by atoms with van der Waals surface area (Å²) in [6.45, 7) is 4.21. The first-order valence-electron chi connectivity index (χ1n) is 8.83. The molecule has 0 radical (unpaired) electrons. The van der Waals surface area contributed by atoms with E-state index >= 15 is 0 Å². The predicted molar refractivity (Wildman–Crippen MR) is 103 cm³/mol. The minimum Gasteiger partial charge on any atom is -0.493 e. The van der Waals surface area contributed by atoms with Crippen molar-refractivity contribution in [2.75, 3.05) is 33.9 Å². The number of likely N-dealkylation sites (N-methyl/N-ethyl adjacent to an activating group) is 1. The Morgan fingerprint density at radius 3 is 2.37 bits per heavy atom. The normalized spacial score (nSPS) is 11.7. The number of hydrogen-bond donors (Lipinski definition) is 1. The third kappa shape index (κ3) is 6.17. The maximum atomic E-state index is 10.3. The zero-order chi connectivity index (χ0) is 19.6. The fourth-order valence-corrected chi connectivity index (χ4v) is 2.71. The molecular weight excluding hydrogens is 344 g/mol. The number of rotatable bonds is 10. The Balaban J connectivity index is 1.88. The lowest BCUT2D eigenvalue weighted by Crippen LogP contribution is -2.35. The Kier molecular flexibility index (Phi) is 7.93. The van der Waals surface area contributed by atoms with Crippen LogP contribution in [-0.4, -0.2) is 50.0 Å². The van der Waals surface area contributed by atoms with Crippen molar-refractivity contribution in [1.82, 2.24) is 4.90 Å². The van der Waals surface area contributed by atoms with Gasteiger partial charge in [0.05, 0.1) is 25.9 Å². The Hall–Kier alpha value is -2.75. The van der Waals surface area contributed by atoms with Gasteiger partial charge in [0.25, 0.3) is 0 Å². The summed E-state index contributed by atoms with van der Waals surface area (Å²) in [5.41, 5.74) is 1.66. The lowest BCUT2D eigenvalue weighted by atomic mass is 10.1. The molecule has 6 heteroatoms. The van der Waals surface area contributed by atoms with Gasteiger partial charge in [0, 0.05) is 13.1 Å². The van der Waals surface area contributed by atoms with Crippen LogP contribution in [-0.2, 0) is 6.54 Å². The number of aliphatic hydroxyl groups is 1. The van der Waals surface area contributed by atoms with Gasteiger partial charge in [0.15, 0.2) is 11.5 Å². The SMILES string of the molecule is CCN(Cc1ccc(OC)c(OC)c1)C[C@@H](O)COc1ccc(C#N)cc1. The van der Waals surface area contributed by atoms with Crippen molar-refractivity contribution in [1.29, 1.82) is 5.26 Å². The van der Waals surface area contributed by atoms with Crippen molar-refractivity contribution in [2.24, 2.45) is 0 Å². The number of nitrogens with zero attached hydrogens (tertiary/aromatic N) is 2. The smallest absolute Gasteiger partial charge is 0.161 e. The molecule has 0 heterocycles. The highest BCUT2D eigenvalue weighted by molar-refractivity contribution is 5.42. The van der Waals surface area contributed by atoms with Gasteiger partial charge in [-0.05, 0) is 48.5 Å². The summed E-state index contributed by atoms with van der Waals surface area (Å²) in [5.74, 6) is 2.02. The lowest BCUT2D eigenvalue weighted by Gasteiger charge is -2.24. The average molecular weight is 370 g/mol. The van der Waals surface area contributed by atoms with E-state index in [9.17, 15) is 5.11 Å². The molecule has 0 aliphatic carbocycles. The third-order valence-corrected chi connectivity index (χ3v) is 4.20. The number of benzene rings is 2. The van der Waals surface area contributed by atoms with Gasteiger partial charge < -0.3 is 19.3 Å². The number of nitriles is 1. The standard InChI is InChI=1S/C21H26N2O4/c1-4-23(13-17-7-10-20(25-2)21(11-17)26-3)14-18(24)15-27-19-8-5-16(12-22)6-9-19/h5-11,18,24H,4,13-15H2,1-3H3/t18-/m1/s1. The fourth-order valence-electron chi connectivity index (χ4n) is 2.71. The molecule has 0 aromatic heterocycles. The first-order chi connectivity index (χ1) is 13.1. The molecule has 144 valence electrons. The van der Waals surface area contributed by atoms with E-state index in [0.717, 1.165) is 12.1 Å². The number of hydrogen-bond acceptors (Lipinski definition) is 6. The molecule has 0 saturated heterocycles. The van der Waals surface area contributed by atoms with Crippen LogP contribution in [0.15, 0.2) is 42.5 Å². The van der Waals surface area contributed by atoms with E-state index in [0.29, 0.717) is 35.9 Å². The van der Waals surface area contributed by atoms with E-state index in [1.807, 2.05) is 18.2 Å². The highest BCUT2D eigenvalue weighted by Crippen LogP contribution is 2.28. The molecule has 0 aliphatic rings. The maximum Gasteiger partial charge on any atom is 0.161 e. The van der Waals surface area contributed by atoms with Gasteiger partial charge in [-0.15, -0.1) is 0 Å². The second-order valence-corrected chi connectivity index (χ2v) is 6.12. The molecule has 0 fully saturated rings. The first-order valence-corrected chi connectivity index (χ1v) is 8.83. The molecule has 2 rings (SSSR count). The van der Waals surface area contributed by atoms with Crippen LogP contribution in [0.1, 0.15) is 18.1 Å². The molecule has 0 aliphatic heterocycles. The predicted octanol–water partition coefficient (Wildman–Crippen LogP) is 2.84. The molecule has 0 amide bonds. The Morgan fingerprint density at radius 2 is 1.78 bits per heavy atom. The molecule has 6 nitrogen and oxygen atoms in total. The molecular formula is C21H26N2O4. The average Bonchev–Trinajstić information content (AvgIpc) is 2.71. The molecule has 0 spiro atoms. The van der Waals surface area contributed by atoms with Crippen LogP contribution in [0.25, 0.3) is 0 Å². The highest BCUT2D eigenvalue weighted by Gasteiger charge is 2.13. The molecule has 1 atom stereocenters. The van der Waals surface area contributed by atoms with Crippen molar-refractivity contribution < 1.29 is 19.3 Å². The monoisotopic (exact) mass is 370 g/mol. The molecule has 27 heavy (non-hydrogen) atoms. The number of aliphatic hydroxyl groups excluding tert-OH is 1. The van der Waals surface area contributed by atoms with Crippen LogP contribution >= 0.6 is 0 Å². The summed E-state index contributed by atoms with van der Waals surface area (Å²) in [6.07, 6.45) is -0.624. The highest BCUT2D eigenvalue weighted by atomic mass is 16.5. The zero-order valence-electron chi connectivity index (χ0n) is 16.0. The van der Waals surface area contributed by atoms with Crippen LogP contribution in [0.3, 0.4) is 0 Å². The summed E-state index contributed by atoms with van der Waals surface area (Å²) in [5, 5.41) is 19.1. The number of methoxy groups -OCH3 is 2. The van der Waals surface area contributed by atoms with Crippen molar-refractivity contribution in [2.45, 2.75) is 19.6 Å². The minimum atomic E-state index is -0.624. The molecule has 2 aromatic carbocycles. The van der Waals surface area contributed by atoms with Crippen molar-refractivity contribution >= 4 is 0 Å². The summed E-state index contributed by atoms with van der Waals surface area (Å²) < 4.78 is 16.2. The Morgan fingerprint density at radius 1 is 1.07 bits per heavy atom. The van der Waals surface area contributed by atoms with E-state index in [1.54, 1.807) is 38.5 Å². The zero-order valence-corrected chi connectivity index (χ0v) is 16.0. The summed E-state index contributed by atoms with van der Waals surface area (Å²) in [6, 6.07) is 14.7. The molecule has 0 unspecified atom stereocenters. The fraction of sp³-hybridized carbons (Fsp3) is 0.381. The Bertz CT molecular complexity index is 756. The van der Waals surface area contributed by atoms with E-state index in [2.05, 4.69) is 17.9 Å². The van der Waals surface area contributed by atoms with Gasteiger partial charge in [0.1, 0.15) is 18.5 Å².